The highest BCUT2D eigenvalue weighted by Gasteiger charge is 2.10. The fourth-order valence-corrected chi connectivity index (χ4v) is 3.01. The number of nitrogens with one attached hydrogen (secondary N) is 1. The summed E-state index contributed by atoms with van der Waals surface area (Å²) in [6.07, 6.45) is 2.13. The van der Waals surface area contributed by atoms with E-state index in [0.29, 0.717) is 24.5 Å². The first-order valence-corrected chi connectivity index (χ1v) is 8.12. The Balaban J connectivity index is 0.00000242. The second kappa shape index (κ2) is 11.6. The number of carbonyl (C=O) groups is 1. The molecule has 0 aliphatic heterocycles. The number of carbonyl (C=O) groups excluding carboxylic acids is 1. The third-order valence-electron chi connectivity index (χ3n) is 2.95. The molecule has 1 aromatic carbocycles. The molecule has 0 fully saturated rings. The van der Waals surface area contributed by atoms with Crippen molar-refractivity contribution in [1.29, 1.82) is 0 Å². The summed E-state index contributed by atoms with van der Waals surface area (Å²) in [4.78, 5) is 16.3. The zero-order valence-corrected chi connectivity index (χ0v) is 15.7. The van der Waals surface area contributed by atoms with Crippen LogP contribution < -0.4 is 11.1 Å². The standard InChI is InChI=1S/C15H18ClN3OS.2ClH/c16-13-6-2-1-5-12(13)15-19-11(10-21-15)9-14(20)18-8-4-3-7-17;;/h1-2,5-6,10H,3-4,7-9,17H2,(H,18,20);2*1H. The Morgan fingerprint density at radius 2 is 2.00 bits per heavy atom. The van der Waals surface area contributed by atoms with Crippen LogP contribution in [0.2, 0.25) is 5.02 Å². The van der Waals surface area contributed by atoms with Crippen molar-refractivity contribution in [2.45, 2.75) is 19.3 Å². The van der Waals surface area contributed by atoms with Crippen molar-refractivity contribution in [3.8, 4) is 10.6 Å². The van der Waals surface area contributed by atoms with Gasteiger partial charge in [-0.1, -0.05) is 29.8 Å². The summed E-state index contributed by atoms with van der Waals surface area (Å²) in [6, 6.07) is 7.57. The van der Waals surface area contributed by atoms with Crippen LogP contribution >= 0.6 is 47.8 Å². The Kier molecular flexibility index (Phi) is 11.2. The first-order valence-electron chi connectivity index (χ1n) is 6.87. The highest BCUT2D eigenvalue weighted by molar-refractivity contribution is 7.13. The van der Waals surface area contributed by atoms with Gasteiger partial charge in [-0.25, -0.2) is 4.98 Å². The van der Waals surface area contributed by atoms with Crippen LogP contribution in [0.25, 0.3) is 10.6 Å². The highest BCUT2D eigenvalue weighted by Crippen LogP contribution is 2.30. The smallest absolute Gasteiger partial charge is 0.226 e. The molecular weight excluding hydrogens is 377 g/mol. The predicted octanol–water partition coefficient (Wildman–Crippen LogP) is 3.70. The van der Waals surface area contributed by atoms with Crippen LogP contribution in [0.1, 0.15) is 18.5 Å². The second-order valence-corrected chi connectivity index (χ2v) is 5.91. The Morgan fingerprint density at radius 3 is 2.70 bits per heavy atom. The molecule has 0 atom stereocenters. The molecule has 2 rings (SSSR count). The molecule has 2 aromatic rings. The number of aromatic nitrogens is 1. The van der Waals surface area contributed by atoms with Crippen molar-refractivity contribution >= 4 is 53.7 Å². The average molecular weight is 397 g/mol. The Hall–Kier alpha value is -0.850. The molecule has 0 bridgehead atoms. The number of nitrogens with two attached hydrogens (primary N) is 1. The molecular formula is C15H20Cl3N3OS. The van der Waals surface area contributed by atoms with Gasteiger partial charge in [0.15, 0.2) is 0 Å². The van der Waals surface area contributed by atoms with Crippen LogP contribution in [-0.4, -0.2) is 24.0 Å². The summed E-state index contributed by atoms with van der Waals surface area (Å²) in [5.41, 5.74) is 7.08. The molecule has 0 saturated heterocycles. The van der Waals surface area contributed by atoms with Crippen LogP contribution in [0, 0.1) is 0 Å². The number of amides is 1. The molecule has 0 aliphatic rings. The number of benzene rings is 1. The molecule has 1 amide bonds. The summed E-state index contributed by atoms with van der Waals surface area (Å²) < 4.78 is 0. The number of thiazole rings is 1. The average Bonchev–Trinajstić information content (AvgIpc) is 2.92. The van der Waals surface area contributed by atoms with Gasteiger partial charge in [0.2, 0.25) is 5.91 Å². The first kappa shape index (κ1) is 22.1. The summed E-state index contributed by atoms with van der Waals surface area (Å²) in [5, 5.41) is 6.28. The minimum Gasteiger partial charge on any atom is -0.356 e. The van der Waals surface area contributed by atoms with Gasteiger partial charge in [-0.05, 0) is 25.5 Å². The maximum absolute atomic E-state index is 11.8. The van der Waals surface area contributed by atoms with Crippen molar-refractivity contribution in [3.63, 3.8) is 0 Å². The minimum atomic E-state index is -0.0111. The van der Waals surface area contributed by atoms with Crippen LogP contribution in [0.4, 0.5) is 0 Å². The van der Waals surface area contributed by atoms with E-state index in [1.165, 1.54) is 11.3 Å². The van der Waals surface area contributed by atoms with Gasteiger partial charge in [-0.2, -0.15) is 0 Å². The Bertz CT molecular complexity index is 607. The lowest BCUT2D eigenvalue weighted by molar-refractivity contribution is -0.120. The summed E-state index contributed by atoms with van der Waals surface area (Å²) in [5.74, 6) is -0.0111. The maximum Gasteiger partial charge on any atom is 0.226 e. The maximum atomic E-state index is 11.8. The van der Waals surface area contributed by atoms with E-state index in [1.807, 2.05) is 29.6 Å². The topological polar surface area (TPSA) is 68.0 Å². The van der Waals surface area contributed by atoms with Gasteiger partial charge < -0.3 is 11.1 Å². The van der Waals surface area contributed by atoms with Crippen molar-refractivity contribution < 1.29 is 4.79 Å². The fourth-order valence-electron chi connectivity index (χ4n) is 1.87. The first-order chi connectivity index (χ1) is 10.2. The van der Waals surface area contributed by atoms with Gasteiger partial charge in [0.05, 0.1) is 17.1 Å². The number of hydrogen-bond donors (Lipinski definition) is 2. The molecule has 0 saturated carbocycles. The lowest BCUT2D eigenvalue weighted by Gasteiger charge is -2.03. The van der Waals surface area contributed by atoms with Crippen LogP contribution in [0.15, 0.2) is 29.6 Å². The van der Waals surface area contributed by atoms with Crippen molar-refractivity contribution in [2.75, 3.05) is 13.1 Å². The lowest BCUT2D eigenvalue weighted by Crippen LogP contribution is -2.26. The normalized spacial score (nSPS) is 9.65. The van der Waals surface area contributed by atoms with E-state index in [-0.39, 0.29) is 30.7 Å². The third-order valence-corrected chi connectivity index (χ3v) is 4.20. The molecule has 0 aliphatic carbocycles. The van der Waals surface area contributed by atoms with Crippen molar-refractivity contribution in [1.82, 2.24) is 10.3 Å². The predicted molar refractivity (Wildman–Crippen MR) is 102 cm³/mol. The van der Waals surface area contributed by atoms with Crippen LogP contribution in [0.5, 0.6) is 0 Å². The lowest BCUT2D eigenvalue weighted by atomic mass is 10.2. The molecule has 128 valence electrons. The Labute approximate surface area is 157 Å². The van der Waals surface area contributed by atoms with Gasteiger partial charge >= 0.3 is 0 Å². The van der Waals surface area contributed by atoms with E-state index in [2.05, 4.69) is 10.3 Å². The minimum absolute atomic E-state index is 0. The summed E-state index contributed by atoms with van der Waals surface area (Å²) in [7, 11) is 0. The molecule has 8 heteroatoms. The quantitative estimate of drug-likeness (QED) is 0.701. The SMILES string of the molecule is Cl.Cl.NCCCCNC(=O)Cc1csc(-c2ccccc2Cl)n1. The molecule has 1 aromatic heterocycles. The van der Waals surface area contributed by atoms with E-state index in [1.54, 1.807) is 0 Å². The second-order valence-electron chi connectivity index (χ2n) is 4.65. The van der Waals surface area contributed by atoms with E-state index < -0.39 is 0 Å². The van der Waals surface area contributed by atoms with Gasteiger partial charge in [0.25, 0.3) is 0 Å². The zero-order valence-electron chi connectivity index (χ0n) is 12.5. The highest BCUT2D eigenvalue weighted by atomic mass is 35.5. The van der Waals surface area contributed by atoms with E-state index in [9.17, 15) is 4.79 Å². The molecule has 1 heterocycles. The van der Waals surface area contributed by atoms with E-state index in [0.717, 1.165) is 29.1 Å². The number of rotatable bonds is 7. The van der Waals surface area contributed by atoms with E-state index >= 15 is 0 Å². The van der Waals surface area contributed by atoms with Gasteiger partial charge in [0, 0.05) is 17.5 Å². The monoisotopic (exact) mass is 395 g/mol. The summed E-state index contributed by atoms with van der Waals surface area (Å²) >= 11 is 7.65. The fraction of sp³-hybridized carbons (Fsp3) is 0.333. The molecule has 23 heavy (non-hydrogen) atoms. The largest absolute Gasteiger partial charge is 0.356 e. The number of halogens is 3. The molecule has 3 N–H and O–H groups in total. The summed E-state index contributed by atoms with van der Waals surface area (Å²) in [6.45, 7) is 1.32. The van der Waals surface area contributed by atoms with Crippen LogP contribution in [0.3, 0.4) is 0 Å². The van der Waals surface area contributed by atoms with Crippen molar-refractivity contribution in [3.05, 3.63) is 40.4 Å². The molecule has 0 unspecified atom stereocenters. The molecule has 0 spiro atoms. The van der Waals surface area contributed by atoms with Crippen LogP contribution in [-0.2, 0) is 11.2 Å². The third kappa shape index (κ3) is 7.06. The number of hydrogen-bond acceptors (Lipinski definition) is 4. The number of unbranched alkanes of at least 4 members (excludes halogenated alkanes) is 1. The van der Waals surface area contributed by atoms with E-state index in [4.69, 9.17) is 17.3 Å². The molecule has 4 nitrogen and oxygen atoms in total. The van der Waals surface area contributed by atoms with Crippen molar-refractivity contribution in [2.24, 2.45) is 5.73 Å². The van der Waals surface area contributed by atoms with Gasteiger partial charge in [-0.3, -0.25) is 4.79 Å². The molecule has 0 radical (unpaired) electrons. The van der Waals surface area contributed by atoms with Gasteiger partial charge in [0.1, 0.15) is 5.01 Å². The van der Waals surface area contributed by atoms with Gasteiger partial charge in [-0.15, -0.1) is 36.2 Å². The Morgan fingerprint density at radius 1 is 1.26 bits per heavy atom. The number of nitrogens with zero attached hydrogens (tertiary/aromatic N) is 1. The zero-order chi connectivity index (χ0) is 15.1.